The summed E-state index contributed by atoms with van der Waals surface area (Å²) in [7, 11) is -1.82. The Morgan fingerprint density at radius 2 is 1.71 bits per heavy atom. The number of hydrogen-bond donors (Lipinski definition) is 0. The van der Waals surface area contributed by atoms with Crippen LogP contribution >= 0.6 is 0 Å². The smallest absolute Gasteiger partial charge is 0.122 e. The molecule has 0 bridgehead atoms. The average Bonchev–Trinajstić information content (AvgIpc) is 3.04. The van der Waals surface area contributed by atoms with Gasteiger partial charge in [0.2, 0.25) is 0 Å². The lowest BCUT2D eigenvalue weighted by molar-refractivity contribution is 0.130. The van der Waals surface area contributed by atoms with Gasteiger partial charge < -0.3 is 4.74 Å². The third kappa shape index (κ3) is 4.04. The number of allylic oxidation sites excluding steroid dienone is 1. The molecule has 2 aromatic carbocycles. The normalized spacial score (nSPS) is 25.5. The van der Waals surface area contributed by atoms with Gasteiger partial charge in [0.1, 0.15) is 11.4 Å². The van der Waals surface area contributed by atoms with Crippen LogP contribution in [0.3, 0.4) is 0 Å². The molecular weight excluding hydrogens is 392 g/mol. The van der Waals surface area contributed by atoms with E-state index in [1.165, 1.54) is 28.5 Å². The predicted octanol–water partition coefficient (Wildman–Crippen LogP) is 7.74. The highest BCUT2D eigenvalue weighted by Gasteiger charge is 2.50. The molecule has 0 saturated heterocycles. The third-order valence-electron chi connectivity index (χ3n) is 7.67. The summed E-state index contributed by atoms with van der Waals surface area (Å²) in [5, 5.41) is 1.51. The van der Waals surface area contributed by atoms with Crippen molar-refractivity contribution in [2.24, 2.45) is 11.8 Å². The Morgan fingerprint density at radius 1 is 1.00 bits per heavy atom. The lowest BCUT2D eigenvalue weighted by Gasteiger charge is -2.39. The van der Waals surface area contributed by atoms with Gasteiger partial charge in [-0.15, -0.1) is 0 Å². The number of ether oxygens (including phenoxy) is 1. The van der Waals surface area contributed by atoms with E-state index in [1.54, 1.807) is 5.56 Å². The molecule has 2 aromatic rings. The average molecular weight is 433 g/mol. The molecule has 0 aliphatic heterocycles. The first-order chi connectivity index (χ1) is 14.5. The first kappa shape index (κ1) is 22.4. The van der Waals surface area contributed by atoms with Gasteiger partial charge in [-0.05, 0) is 78.3 Å². The molecule has 1 saturated carbocycles. The molecule has 0 amide bonds. The summed E-state index contributed by atoms with van der Waals surface area (Å²) in [6.07, 6.45) is 6.25. The van der Waals surface area contributed by atoms with Gasteiger partial charge in [-0.3, -0.25) is 0 Å². The van der Waals surface area contributed by atoms with E-state index >= 15 is 0 Å². The fourth-order valence-corrected chi connectivity index (χ4v) is 10.1. The summed E-state index contributed by atoms with van der Waals surface area (Å²) in [4.78, 5) is 0. The Labute approximate surface area is 190 Å². The summed E-state index contributed by atoms with van der Waals surface area (Å²) in [5.41, 5.74) is 4.88. The zero-order valence-electron chi connectivity index (χ0n) is 20.7. The van der Waals surface area contributed by atoms with Gasteiger partial charge in [-0.1, -0.05) is 88.5 Å². The van der Waals surface area contributed by atoms with Crippen LogP contribution in [0.25, 0.3) is 6.08 Å². The fraction of sp³-hybridized carbons (Fsp3) is 0.517. The maximum Gasteiger partial charge on any atom is 0.122 e. The van der Waals surface area contributed by atoms with Crippen LogP contribution in [-0.2, 0) is 0 Å². The van der Waals surface area contributed by atoms with Crippen molar-refractivity contribution in [1.82, 2.24) is 0 Å². The largest absolute Gasteiger partial charge is 0.488 e. The van der Waals surface area contributed by atoms with Crippen LogP contribution in [0, 0.1) is 11.8 Å². The van der Waals surface area contributed by atoms with Gasteiger partial charge in [-0.2, -0.15) is 0 Å². The third-order valence-corrected chi connectivity index (χ3v) is 11.9. The van der Waals surface area contributed by atoms with Gasteiger partial charge >= 0.3 is 0 Å². The first-order valence-corrected chi connectivity index (χ1v) is 15.2. The van der Waals surface area contributed by atoms with Crippen molar-refractivity contribution in [3.05, 3.63) is 65.2 Å². The summed E-state index contributed by atoms with van der Waals surface area (Å²) in [5.74, 6) is 3.64. The van der Waals surface area contributed by atoms with Crippen molar-refractivity contribution >= 4 is 19.3 Å². The quantitative estimate of drug-likeness (QED) is 0.449. The molecule has 2 aliphatic rings. The van der Waals surface area contributed by atoms with Gasteiger partial charge in [0.05, 0.1) is 8.07 Å². The van der Waals surface area contributed by atoms with Crippen molar-refractivity contribution in [3.63, 3.8) is 0 Å². The molecule has 2 aliphatic carbocycles. The lowest BCUT2D eigenvalue weighted by Crippen LogP contribution is -2.49. The summed E-state index contributed by atoms with van der Waals surface area (Å²) in [6.45, 7) is 18.8. The molecule has 0 radical (unpaired) electrons. The number of para-hydroxylation sites is 1. The molecule has 4 atom stereocenters. The molecule has 31 heavy (non-hydrogen) atoms. The van der Waals surface area contributed by atoms with Crippen molar-refractivity contribution in [1.29, 1.82) is 0 Å². The second kappa shape index (κ2) is 7.96. The highest BCUT2D eigenvalue weighted by Crippen LogP contribution is 2.57. The van der Waals surface area contributed by atoms with E-state index in [0.29, 0.717) is 23.7 Å². The Kier molecular flexibility index (Phi) is 5.75. The molecule has 4 unspecified atom stereocenters. The SMILES string of the molecule is CC(C)c1cccc([Si](C)(C)C2CC(C)C3c4ccccc4C=CC32)c1OC(C)(C)C. The number of hydrogen-bond acceptors (Lipinski definition) is 1. The van der Waals surface area contributed by atoms with Gasteiger partial charge in [0.25, 0.3) is 0 Å². The Balaban J connectivity index is 1.79. The van der Waals surface area contributed by atoms with E-state index in [2.05, 4.69) is 109 Å². The molecule has 0 heterocycles. The zero-order valence-corrected chi connectivity index (χ0v) is 21.7. The zero-order chi connectivity index (χ0) is 22.6. The number of fused-ring (bicyclic) bond motifs is 3. The number of rotatable bonds is 4. The molecule has 2 heteroatoms. The molecule has 4 rings (SSSR count). The molecule has 0 N–H and O–H groups in total. The molecule has 0 aromatic heterocycles. The summed E-state index contributed by atoms with van der Waals surface area (Å²) < 4.78 is 6.71. The van der Waals surface area contributed by atoms with Gasteiger partial charge in [0.15, 0.2) is 0 Å². The molecule has 1 fully saturated rings. The van der Waals surface area contributed by atoms with E-state index in [9.17, 15) is 0 Å². The monoisotopic (exact) mass is 432 g/mol. The fourth-order valence-electron chi connectivity index (χ4n) is 6.20. The van der Waals surface area contributed by atoms with E-state index in [-0.39, 0.29) is 5.60 Å². The van der Waals surface area contributed by atoms with E-state index in [4.69, 9.17) is 4.74 Å². The van der Waals surface area contributed by atoms with Crippen molar-refractivity contribution in [2.45, 2.75) is 84.0 Å². The minimum Gasteiger partial charge on any atom is -0.488 e. The molecule has 1 nitrogen and oxygen atoms in total. The molecular formula is C29H40OSi. The topological polar surface area (TPSA) is 9.23 Å². The van der Waals surface area contributed by atoms with Gasteiger partial charge in [-0.25, -0.2) is 0 Å². The lowest BCUT2D eigenvalue weighted by atomic mass is 9.78. The predicted molar refractivity (Wildman–Crippen MR) is 137 cm³/mol. The van der Waals surface area contributed by atoms with E-state index < -0.39 is 8.07 Å². The summed E-state index contributed by atoms with van der Waals surface area (Å²) in [6, 6.07) is 16.0. The van der Waals surface area contributed by atoms with Crippen molar-refractivity contribution in [2.75, 3.05) is 0 Å². The second-order valence-corrected chi connectivity index (χ2v) is 16.4. The Bertz CT molecular complexity index is 978. The Hall–Kier alpha value is -1.80. The van der Waals surface area contributed by atoms with E-state index in [1.807, 2.05) is 0 Å². The van der Waals surface area contributed by atoms with Crippen LogP contribution < -0.4 is 9.92 Å². The van der Waals surface area contributed by atoms with Crippen LogP contribution in [-0.4, -0.2) is 13.7 Å². The maximum atomic E-state index is 6.71. The van der Waals surface area contributed by atoms with Crippen molar-refractivity contribution in [3.8, 4) is 5.75 Å². The number of benzene rings is 2. The highest BCUT2D eigenvalue weighted by molar-refractivity contribution is 6.91. The van der Waals surface area contributed by atoms with Crippen LogP contribution in [0.2, 0.25) is 18.6 Å². The van der Waals surface area contributed by atoms with Crippen LogP contribution in [0.15, 0.2) is 48.5 Å². The molecule has 166 valence electrons. The van der Waals surface area contributed by atoms with Gasteiger partial charge in [0, 0.05) is 0 Å². The summed E-state index contributed by atoms with van der Waals surface area (Å²) >= 11 is 0. The highest BCUT2D eigenvalue weighted by atomic mass is 28.3. The standard InChI is InChI=1S/C29H40OSi/c1-19(2)22-14-11-15-25(28(22)30-29(4,5)6)31(7,8)26-18-20(3)27-23-13-10-9-12-21(23)16-17-24(26)27/h9-17,19-20,24,26-27H,18H2,1-8H3. The minimum atomic E-state index is -1.82. The van der Waals surface area contributed by atoms with E-state index in [0.717, 1.165) is 5.54 Å². The van der Waals surface area contributed by atoms with Crippen molar-refractivity contribution < 1.29 is 4.74 Å². The second-order valence-electron chi connectivity index (χ2n) is 11.7. The Morgan fingerprint density at radius 3 is 2.39 bits per heavy atom. The first-order valence-electron chi connectivity index (χ1n) is 12.1. The van der Waals surface area contributed by atoms with Crippen LogP contribution in [0.5, 0.6) is 5.75 Å². The van der Waals surface area contributed by atoms with Crippen LogP contribution in [0.4, 0.5) is 0 Å². The maximum absolute atomic E-state index is 6.71. The molecule has 0 spiro atoms. The minimum absolute atomic E-state index is 0.195. The van der Waals surface area contributed by atoms with Crippen LogP contribution in [0.1, 0.15) is 76.5 Å².